The van der Waals surface area contributed by atoms with Gasteiger partial charge in [-0.25, -0.2) is 9.48 Å². The molecule has 8 nitrogen and oxygen atoms in total. The zero-order valence-corrected chi connectivity index (χ0v) is 15.7. The third-order valence-corrected chi connectivity index (χ3v) is 4.94. The number of nitrogens with zero attached hydrogens (tertiary/aromatic N) is 5. The Labute approximate surface area is 163 Å². The molecular weight excluding hydrogens is 354 g/mol. The quantitative estimate of drug-likeness (QED) is 0.730. The van der Waals surface area contributed by atoms with Crippen molar-refractivity contribution in [1.29, 1.82) is 0 Å². The van der Waals surface area contributed by atoms with Crippen molar-refractivity contribution in [2.24, 2.45) is 0 Å². The van der Waals surface area contributed by atoms with Crippen LogP contribution in [0, 0.1) is 6.92 Å². The summed E-state index contributed by atoms with van der Waals surface area (Å²) in [6.45, 7) is 3.99. The fourth-order valence-corrected chi connectivity index (χ4v) is 3.44. The molecule has 3 aromatic rings. The number of aryl methyl sites for hydroxylation is 1. The fraction of sp³-hybridized carbons (Fsp3) is 0.300. The number of aromatic nitrogens is 4. The molecule has 0 radical (unpaired) electrons. The number of rotatable bonds is 4. The molecule has 4 rings (SSSR count). The number of tetrazole rings is 1. The van der Waals surface area contributed by atoms with E-state index in [1.807, 2.05) is 24.3 Å². The molecule has 2 heterocycles. The highest BCUT2D eigenvalue weighted by molar-refractivity contribution is 5.89. The van der Waals surface area contributed by atoms with E-state index in [1.165, 1.54) is 17.6 Å². The maximum absolute atomic E-state index is 12.3. The number of nitrogens with one attached hydrogen (secondary N) is 2. The average molecular weight is 377 g/mol. The van der Waals surface area contributed by atoms with Crippen molar-refractivity contribution >= 4 is 17.4 Å². The van der Waals surface area contributed by atoms with Gasteiger partial charge in [-0.05, 0) is 72.2 Å². The molecule has 0 aliphatic carbocycles. The predicted molar refractivity (Wildman–Crippen MR) is 108 cm³/mol. The molecule has 0 atom stereocenters. The molecule has 2 N–H and O–H groups in total. The lowest BCUT2D eigenvalue weighted by molar-refractivity contribution is 0.246. The Morgan fingerprint density at radius 3 is 2.54 bits per heavy atom. The van der Waals surface area contributed by atoms with Crippen LogP contribution >= 0.6 is 0 Å². The van der Waals surface area contributed by atoms with E-state index >= 15 is 0 Å². The van der Waals surface area contributed by atoms with Gasteiger partial charge >= 0.3 is 6.03 Å². The van der Waals surface area contributed by atoms with Crippen LogP contribution in [0.2, 0.25) is 0 Å². The third-order valence-electron chi connectivity index (χ3n) is 4.94. The van der Waals surface area contributed by atoms with Crippen molar-refractivity contribution < 1.29 is 4.79 Å². The number of anilines is 2. The second kappa shape index (κ2) is 8.08. The van der Waals surface area contributed by atoms with Crippen molar-refractivity contribution in [2.45, 2.75) is 25.8 Å². The SMILES string of the molecule is Cc1cccc(N2CCC(NC(=O)Nc3ccc(-n4cnnn4)cc3)CC2)c1. The Balaban J connectivity index is 1.27. The van der Waals surface area contributed by atoms with Gasteiger partial charge in [-0.3, -0.25) is 0 Å². The van der Waals surface area contributed by atoms with Crippen molar-refractivity contribution in [2.75, 3.05) is 23.3 Å². The van der Waals surface area contributed by atoms with E-state index in [9.17, 15) is 4.79 Å². The van der Waals surface area contributed by atoms with Gasteiger partial charge in [-0.15, -0.1) is 5.10 Å². The summed E-state index contributed by atoms with van der Waals surface area (Å²) in [6.07, 6.45) is 3.39. The van der Waals surface area contributed by atoms with E-state index in [1.54, 1.807) is 4.68 Å². The summed E-state index contributed by atoms with van der Waals surface area (Å²) in [4.78, 5) is 14.7. The second-order valence-electron chi connectivity index (χ2n) is 7.00. The van der Waals surface area contributed by atoms with Gasteiger partial charge in [0.15, 0.2) is 0 Å². The molecule has 1 aromatic heterocycles. The summed E-state index contributed by atoms with van der Waals surface area (Å²) < 4.78 is 1.56. The van der Waals surface area contributed by atoms with Gasteiger partial charge in [0, 0.05) is 30.5 Å². The summed E-state index contributed by atoms with van der Waals surface area (Å²) >= 11 is 0. The molecular formula is C20H23N7O. The van der Waals surface area contributed by atoms with Crippen LogP contribution in [0.3, 0.4) is 0 Å². The van der Waals surface area contributed by atoms with Crippen LogP contribution in [0.25, 0.3) is 5.69 Å². The molecule has 2 aromatic carbocycles. The summed E-state index contributed by atoms with van der Waals surface area (Å²) in [6, 6.07) is 15.9. The zero-order chi connectivity index (χ0) is 19.3. The van der Waals surface area contributed by atoms with E-state index in [4.69, 9.17) is 0 Å². The number of piperidine rings is 1. The monoisotopic (exact) mass is 377 g/mol. The highest BCUT2D eigenvalue weighted by Gasteiger charge is 2.21. The topological polar surface area (TPSA) is 88.0 Å². The first kappa shape index (κ1) is 18.0. The zero-order valence-electron chi connectivity index (χ0n) is 15.7. The van der Waals surface area contributed by atoms with Crippen molar-refractivity contribution in [3.63, 3.8) is 0 Å². The maximum Gasteiger partial charge on any atom is 0.319 e. The lowest BCUT2D eigenvalue weighted by Gasteiger charge is -2.34. The summed E-state index contributed by atoms with van der Waals surface area (Å²) in [7, 11) is 0. The summed E-state index contributed by atoms with van der Waals surface area (Å²) in [5, 5.41) is 17.0. The average Bonchev–Trinajstić information content (AvgIpc) is 3.24. The summed E-state index contributed by atoms with van der Waals surface area (Å²) in [5.74, 6) is 0. The van der Waals surface area contributed by atoms with Crippen LogP contribution in [-0.4, -0.2) is 45.4 Å². The Bertz CT molecular complexity index is 916. The van der Waals surface area contributed by atoms with Crippen LogP contribution < -0.4 is 15.5 Å². The standard InChI is InChI=1S/C20H23N7O/c1-15-3-2-4-19(13-15)26-11-9-17(10-12-26)23-20(28)22-16-5-7-18(8-6-16)27-14-21-24-25-27/h2-8,13-14,17H,9-12H2,1H3,(H2,22,23,28). The normalized spacial score (nSPS) is 14.7. The van der Waals surface area contributed by atoms with Crippen LogP contribution in [0.1, 0.15) is 18.4 Å². The Morgan fingerprint density at radius 2 is 1.86 bits per heavy atom. The van der Waals surface area contributed by atoms with Gasteiger partial charge in [0.05, 0.1) is 5.69 Å². The lowest BCUT2D eigenvalue weighted by Crippen LogP contribution is -2.46. The Hall–Kier alpha value is -3.42. The third kappa shape index (κ3) is 4.28. The van der Waals surface area contributed by atoms with Crippen LogP contribution in [0.15, 0.2) is 54.9 Å². The molecule has 0 unspecified atom stereocenters. The van der Waals surface area contributed by atoms with Crippen molar-refractivity contribution in [1.82, 2.24) is 25.5 Å². The maximum atomic E-state index is 12.3. The molecule has 1 saturated heterocycles. The summed E-state index contributed by atoms with van der Waals surface area (Å²) in [5.41, 5.74) is 4.08. The number of carbonyl (C=O) groups is 1. The van der Waals surface area contributed by atoms with Gasteiger partial charge in [-0.1, -0.05) is 12.1 Å². The number of amides is 2. The first-order valence-electron chi connectivity index (χ1n) is 9.40. The minimum atomic E-state index is -0.177. The molecule has 8 heteroatoms. The smallest absolute Gasteiger partial charge is 0.319 e. The molecule has 0 saturated carbocycles. The van der Waals surface area contributed by atoms with E-state index in [0.29, 0.717) is 0 Å². The highest BCUT2D eigenvalue weighted by atomic mass is 16.2. The van der Waals surface area contributed by atoms with E-state index in [0.717, 1.165) is 37.3 Å². The second-order valence-corrected chi connectivity index (χ2v) is 7.00. The van der Waals surface area contributed by atoms with Crippen molar-refractivity contribution in [3.8, 4) is 5.69 Å². The van der Waals surface area contributed by atoms with Gasteiger partial charge in [0.25, 0.3) is 0 Å². The van der Waals surface area contributed by atoms with Crippen LogP contribution in [-0.2, 0) is 0 Å². The van der Waals surface area contributed by atoms with Crippen molar-refractivity contribution in [3.05, 3.63) is 60.4 Å². The fourth-order valence-electron chi connectivity index (χ4n) is 3.44. The van der Waals surface area contributed by atoms with Gasteiger partial charge in [0.1, 0.15) is 6.33 Å². The van der Waals surface area contributed by atoms with Gasteiger partial charge in [0.2, 0.25) is 0 Å². The predicted octanol–water partition coefficient (Wildman–Crippen LogP) is 2.76. The molecule has 0 bridgehead atoms. The number of carbonyl (C=O) groups excluding carboxylic acids is 1. The molecule has 144 valence electrons. The van der Waals surface area contributed by atoms with E-state index < -0.39 is 0 Å². The molecule has 28 heavy (non-hydrogen) atoms. The van der Waals surface area contributed by atoms with Crippen LogP contribution in [0.5, 0.6) is 0 Å². The lowest BCUT2D eigenvalue weighted by atomic mass is 10.0. The first-order chi connectivity index (χ1) is 13.7. The minimum Gasteiger partial charge on any atom is -0.371 e. The number of hydrogen-bond donors (Lipinski definition) is 2. The largest absolute Gasteiger partial charge is 0.371 e. The number of hydrogen-bond acceptors (Lipinski definition) is 5. The van der Waals surface area contributed by atoms with E-state index in [2.05, 4.69) is 62.2 Å². The van der Waals surface area contributed by atoms with Gasteiger partial charge in [-0.2, -0.15) is 0 Å². The Kier molecular flexibility index (Phi) is 5.18. The van der Waals surface area contributed by atoms with E-state index in [-0.39, 0.29) is 12.1 Å². The number of urea groups is 1. The minimum absolute atomic E-state index is 0.177. The molecule has 2 amide bonds. The Morgan fingerprint density at radius 1 is 1.07 bits per heavy atom. The highest BCUT2D eigenvalue weighted by Crippen LogP contribution is 2.21. The van der Waals surface area contributed by atoms with Crippen LogP contribution in [0.4, 0.5) is 16.2 Å². The van der Waals surface area contributed by atoms with Gasteiger partial charge < -0.3 is 15.5 Å². The number of benzene rings is 2. The molecule has 1 fully saturated rings. The molecule has 1 aliphatic heterocycles. The molecule has 0 spiro atoms. The first-order valence-corrected chi connectivity index (χ1v) is 9.40. The molecule has 1 aliphatic rings.